The molecule has 6 rings (SSSR count). The predicted octanol–water partition coefficient (Wildman–Crippen LogP) is 6.78. The number of para-hydroxylation sites is 2. The Balaban J connectivity index is 1.68. The van der Waals surface area contributed by atoms with E-state index in [2.05, 4.69) is 117 Å². The van der Waals surface area contributed by atoms with E-state index in [-0.39, 0.29) is 5.41 Å². The van der Waals surface area contributed by atoms with Crippen LogP contribution in [0.2, 0.25) is 0 Å². The fraction of sp³-hybridized carbons (Fsp3) is 0.233. The third-order valence-electron chi connectivity index (χ3n) is 7.26. The smallest absolute Gasteiger partial charge is 0.216 e. The molecule has 0 amide bonds. The molecule has 0 aliphatic carbocycles. The predicted molar refractivity (Wildman–Crippen MR) is 137 cm³/mol. The normalized spacial score (nSPS) is 14.9. The minimum absolute atomic E-state index is 0.133. The molecule has 164 valence electrons. The second-order valence-corrected chi connectivity index (χ2v) is 10.1. The lowest BCUT2D eigenvalue weighted by molar-refractivity contribution is -0.660. The molecule has 0 saturated carbocycles. The van der Waals surface area contributed by atoms with Gasteiger partial charge in [0.1, 0.15) is 18.2 Å². The van der Waals surface area contributed by atoms with Gasteiger partial charge in [-0.2, -0.15) is 0 Å². The molecule has 0 bridgehead atoms. The summed E-state index contributed by atoms with van der Waals surface area (Å²) in [5.74, 6) is 0. The number of hydrogen-bond donors (Lipinski definition) is 0. The summed E-state index contributed by atoms with van der Waals surface area (Å²) in [5, 5.41) is 2.33. The molecule has 3 heterocycles. The highest BCUT2D eigenvalue weighted by atomic mass is 16.3. The molecule has 0 radical (unpaired) electrons. The van der Waals surface area contributed by atoms with Crippen molar-refractivity contribution in [3.05, 3.63) is 84.1 Å². The molecule has 2 aromatic heterocycles. The van der Waals surface area contributed by atoms with Gasteiger partial charge in [0.2, 0.25) is 5.69 Å². The first-order chi connectivity index (χ1) is 15.9. The van der Waals surface area contributed by atoms with Gasteiger partial charge in [-0.25, -0.2) is 4.57 Å². The van der Waals surface area contributed by atoms with Gasteiger partial charge in [-0.3, -0.25) is 0 Å². The number of fused-ring (bicyclic) bond motifs is 4. The average Bonchev–Trinajstić information content (AvgIpc) is 3.28. The van der Waals surface area contributed by atoms with Crippen molar-refractivity contribution < 1.29 is 8.98 Å². The van der Waals surface area contributed by atoms with Gasteiger partial charge >= 0.3 is 0 Å². The first-order valence-corrected chi connectivity index (χ1v) is 11.6. The summed E-state index contributed by atoms with van der Waals surface area (Å²) in [6.07, 6.45) is 2.09. The summed E-state index contributed by atoms with van der Waals surface area (Å²) in [5.41, 5.74) is 10.7. The van der Waals surface area contributed by atoms with E-state index in [1.54, 1.807) is 0 Å². The molecule has 1 aliphatic heterocycles. The van der Waals surface area contributed by atoms with Crippen molar-refractivity contribution in [3.8, 4) is 22.4 Å². The lowest BCUT2D eigenvalue weighted by Gasteiger charge is -2.18. The number of aryl methyl sites for hydroxylation is 2. The van der Waals surface area contributed by atoms with Gasteiger partial charge in [0.05, 0.1) is 5.56 Å². The van der Waals surface area contributed by atoms with Gasteiger partial charge in [0.25, 0.3) is 0 Å². The maximum Gasteiger partial charge on any atom is 0.216 e. The number of furan rings is 1. The van der Waals surface area contributed by atoms with Crippen LogP contribution in [0.15, 0.2) is 77.3 Å². The number of nitrogens with zero attached hydrogens (tertiary/aromatic N) is 2. The molecule has 0 fully saturated rings. The lowest BCUT2D eigenvalue weighted by atomic mass is 9.85. The quantitative estimate of drug-likeness (QED) is 0.286. The summed E-state index contributed by atoms with van der Waals surface area (Å²) in [6.45, 7) is 7.84. The molecular weight excluding hydrogens is 404 g/mol. The molecule has 0 spiro atoms. The molecule has 0 atom stereocenters. The van der Waals surface area contributed by atoms with E-state index in [9.17, 15) is 0 Å². The molecule has 1 aliphatic rings. The Bertz CT molecular complexity index is 1560. The molecular formula is C30H29N2O+. The zero-order valence-corrected chi connectivity index (χ0v) is 19.9. The maximum absolute atomic E-state index is 6.77. The topological polar surface area (TPSA) is 20.3 Å². The highest BCUT2D eigenvalue weighted by Gasteiger charge is 2.35. The Morgan fingerprint density at radius 3 is 2.42 bits per heavy atom. The third kappa shape index (κ3) is 2.85. The molecule has 0 N–H and O–H groups in total. The lowest BCUT2D eigenvalue weighted by Crippen LogP contribution is -2.30. The van der Waals surface area contributed by atoms with E-state index in [1.165, 1.54) is 27.8 Å². The standard InChI is InChI=1S/C30H29N2O/c1-19-15-16-23-22-12-8-11-21(20-10-9-13-24-27(20)32(5)18-30(24,2)3)28(22)33-29(23)26(19)25-14-6-7-17-31(25)4/h6-17H,18H2,1-5H3/q+1. The Labute approximate surface area is 194 Å². The van der Waals surface area contributed by atoms with Gasteiger partial charge in [-0.05, 0) is 24.1 Å². The molecule has 0 unspecified atom stereocenters. The van der Waals surface area contributed by atoms with E-state index in [1.807, 2.05) is 0 Å². The second-order valence-electron chi connectivity index (χ2n) is 10.1. The Morgan fingerprint density at radius 1 is 0.848 bits per heavy atom. The summed E-state index contributed by atoms with van der Waals surface area (Å²) in [6, 6.07) is 24.0. The monoisotopic (exact) mass is 433 g/mol. The number of anilines is 1. The van der Waals surface area contributed by atoms with Crippen LogP contribution in [0.25, 0.3) is 44.3 Å². The van der Waals surface area contributed by atoms with Crippen molar-refractivity contribution in [1.29, 1.82) is 0 Å². The van der Waals surface area contributed by atoms with Crippen molar-refractivity contribution in [1.82, 2.24) is 0 Å². The molecule has 0 saturated heterocycles. The summed E-state index contributed by atoms with van der Waals surface area (Å²) < 4.78 is 8.94. The van der Waals surface area contributed by atoms with Crippen molar-refractivity contribution in [2.24, 2.45) is 7.05 Å². The Kier molecular flexibility index (Phi) is 4.22. The fourth-order valence-electron chi connectivity index (χ4n) is 5.75. The van der Waals surface area contributed by atoms with Crippen molar-refractivity contribution >= 4 is 27.6 Å². The van der Waals surface area contributed by atoms with Crippen LogP contribution >= 0.6 is 0 Å². The van der Waals surface area contributed by atoms with Crippen LogP contribution in [0.1, 0.15) is 25.0 Å². The Morgan fingerprint density at radius 2 is 1.61 bits per heavy atom. The average molecular weight is 434 g/mol. The summed E-state index contributed by atoms with van der Waals surface area (Å²) >= 11 is 0. The molecule has 3 aromatic carbocycles. The number of benzene rings is 3. The number of rotatable bonds is 2. The van der Waals surface area contributed by atoms with Crippen LogP contribution in [0.5, 0.6) is 0 Å². The van der Waals surface area contributed by atoms with Crippen LogP contribution in [0.3, 0.4) is 0 Å². The fourth-order valence-corrected chi connectivity index (χ4v) is 5.75. The molecule has 3 heteroatoms. The van der Waals surface area contributed by atoms with Crippen LogP contribution in [-0.2, 0) is 12.5 Å². The largest absolute Gasteiger partial charge is 0.454 e. The van der Waals surface area contributed by atoms with Crippen LogP contribution < -0.4 is 9.47 Å². The van der Waals surface area contributed by atoms with Gasteiger partial charge < -0.3 is 9.32 Å². The van der Waals surface area contributed by atoms with E-state index in [4.69, 9.17) is 4.42 Å². The highest BCUT2D eigenvalue weighted by Crippen LogP contribution is 2.48. The van der Waals surface area contributed by atoms with Crippen LogP contribution in [-0.4, -0.2) is 13.6 Å². The molecule has 3 nitrogen and oxygen atoms in total. The first kappa shape index (κ1) is 20.0. The van der Waals surface area contributed by atoms with E-state index in [0.717, 1.165) is 39.9 Å². The zero-order chi connectivity index (χ0) is 22.9. The van der Waals surface area contributed by atoms with Crippen LogP contribution in [0.4, 0.5) is 5.69 Å². The van der Waals surface area contributed by atoms with Gasteiger partial charge in [0, 0.05) is 58.7 Å². The molecule has 33 heavy (non-hydrogen) atoms. The second kappa shape index (κ2) is 6.95. The minimum atomic E-state index is 0.133. The van der Waals surface area contributed by atoms with Crippen molar-refractivity contribution in [3.63, 3.8) is 0 Å². The van der Waals surface area contributed by atoms with E-state index >= 15 is 0 Å². The number of pyridine rings is 1. The van der Waals surface area contributed by atoms with E-state index in [0.29, 0.717) is 0 Å². The zero-order valence-electron chi connectivity index (χ0n) is 19.9. The number of aromatic nitrogens is 1. The minimum Gasteiger partial charge on any atom is -0.454 e. The Hall–Kier alpha value is -3.59. The number of likely N-dealkylation sites (N-methyl/N-ethyl adjacent to an activating group) is 1. The van der Waals surface area contributed by atoms with Crippen molar-refractivity contribution in [2.75, 3.05) is 18.5 Å². The van der Waals surface area contributed by atoms with E-state index < -0.39 is 0 Å². The van der Waals surface area contributed by atoms with Crippen LogP contribution in [0, 0.1) is 6.92 Å². The van der Waals surface area contributed by atoms with Gasteiger partial charge in [-0.15, -0.1) is 0 Å². The SMILES string of the molecule is Cc1ccc2c(oc3c(-c4cccc5c4N(C)CC5(C)C)cccc32)c1-c1cccc[n+]1C. The third-order valence-corrected chi connectivity index (χ3v) is 7.26. The summed E-state index contributed by atoms with van der Waals surface area (Å²) in [4.78, 5) is 2.39. The maximum atomic E-state index is 6.77. The number of hydrogen-bond acceptors (Lipinski definition) is 2. The van der Waals surface area contributed by atoms with Gasteiger partial charge in [-0.1, -0.05) is 62.4 Å². The van der Waals surface area contributed by atoms with Crippen molar-refractivity contribution in [2.45, 2.75) is 26.2 Å². The van der Waals surface area contributed by atoms with Gasteiger partial charge in [0.15, 0.2) is 6.20 Å². The first-order valence-electron chi connectivity index (χ1n) is 11.6. The molecule has 5 aromatic rings. The summed E-state index contributed by atoms with van der Waals surface area (Å²) in [7, 11) is 4.29. The highest BCUT2D eigenvalue weighted by molar-refractivity contribution is 6.13.